The number of aryl methyl sites for hydroxylation is 1. The van der Waals surface area contributed by atoms with Crippen molar-refractivity contribution >= 4 is 48.4 Å². The van der Waals surface area contributed by atoms with E-state index in [2.05, 4.69) is 9.44 Å². The molecule has 3 rings (SSSR count). The van der Waals surface area contributed by atoms with Gasteiger partial charge in [0.1, 0.15) is 6.04 Å². The first-order valence-corrected chi connectivity index (χ1v) is 14.8. The summed E-state index contributed by atoms with van der Waals surface area (Å²) in [6.07, 6.45) is 0.893. The van der Waals surface area contributed by atoms with Gasteiger partial charge in [-0.1, -0.05) is 53.6 Å². The number of rotatable bonds is 12. The molecule has 0 aliphatic heterocycles. The van der Waals surface area contributed by atoms with Crippen LogP contribution < -0.4 is 9.44 Å². The van der Waals surface area contributed by atoms with Crippen molar-refractivity contribution in [3.05, 3.63) is 71.2 Å². The van der Waals surface area contributed by atoms with E-state index in [0.717, 1.165) is 5.56 Å². The van der Waals surface area contributed by atoms with Gasteiger partial charge in [-0.25, -0.2) is 21.6 Å². The summed E-state index contributed by atoms with van der Waals surface area (Å²) in [6, 6.07) is 15.2. The first-order chi connectivity index (χ1) is 17.0. The van der Waals surface area contributed by atoms with E-state index in [-0.39, 0.29) is 34.4 Å². The van der Waals surface area contributed by atoms with Crippen LogP contribution in [0, 0.1) is 6.92 Å². The van der Waals surface area contributed by atoms with E-state index in [1.807, 2.05) is 6.92 Å². The zero-order valence-corrected chi connectivity index (χ0v) is 22.4. The summed E-state index contributed by atoms with van der Waals surface area (Å²) < 4.78 is 61.4. The third-order valence-electron chi connectivity index (χ3n) is 5.52. The van der Waals surface area contributed by atoms with Gasteiger partial charge < -0.3 is 4.74 Å². The van der Waals surface area contributed by atoms with E-state index in [1.54, 1.807) is 49.4 Å². The maximum Gasteiger partial charge on any atom is 0.324 e. The van der Waals surface area contributed by atoms with E-state index in [9.17, 15) is 21.6 Å². The molecule has 0 amide bonds. The molecular weight excluding hydrogens is 524 g/mol. The van der Waals surface area contributed by atoms with E-state index in [0.29, 0.717) is 23.6 Å². The standard InChI is InChI=1S/C25H29ClN2O6S2/c1-3-34-25(29)22(11-4-5-17-27-35(30,31)20-15-13-18(2)14-16-20)28-36(32,33)23-12-7-9-19-8-6-10-21(26)24(19)23/h6-10,12-16,22,27-28H,3-5,11,17H2,1-2H3/t22-/m0/s1. The van der Waals surface area contributed by atoms with Crippen LogP contribution >= 0.6 is 11.6 Å². The molecule has 0 radical (unpaired) electrons. The highest BCUT2D eigenvalue weighted by Gasteiger charge is 2.28. The van der Waals surface area contributed by atoms with Gasteiger partial charge in [0.15, 0.2) is 0 Å². The fourth-order valence-electron chi connectivity index (χ4n) is 3.69. The summed E-state index contributed by atoms with van der Waals surface area (Å²) in [5.74, 6) is -0.701. The summed E-state index contributed by atoms with van der Waals surface area (Å²) in [4.78, 5) is 12.7. The number of sulfonamides is 2. The third-order valence-corrected chi connectivity index (χ3v) is 8.82. The Morgan fingerprint density at radius 3 is 2.28 bits per heavy atom. The van der Waals surface area contributed by atoms with Crippen molar-refractivity contribution < 1.29 is 26.4 Å². The molecule has 0 aromatic heterocycles. The molecule has 3 aromatic carbocycles. The second-order valence-electron chi connectivity index (χ2n) is 8.23. The topological polar surface area (TPSA) is 119 Å². The minimum absolute atomic E-state index is 0.0363. The summed E-state index contributed by atoms with van der Waals surface area (Å²) in [6.45, 7) is 3.73. The van der Waals surface area contributed by atoms with Crippen LogP contribution in [0.2, 0.25) is 5.02 Å². The van der Waals surface area contributed by atoms with Gasteiger partial charge in [0.25, 0.3) is 0 Å². The fraction of sp³-hybridized carbons (Fsp3) is 0.320. The summed E-state index contributed by atoms with van der Waals surface area (Å²) in [5.41, 5.74) is 0.951. The van der Waals surface area contributed by atoms with Crippen LogP contribution in [0.5, 0.6) is 0 Å². The normalized spacial score (nSPS) is 13.0. The van der Waals surface area contributed by atoms with Gasteiger partial charge in [0.05, 0.1) is 16.4 Å². The number of unbranched alkanes of at least 4 members (excludes halogenated alkanes) is 1. The van der Waals surface area contributed by atoms with Crippen LogP contribution in [0.1, 0.15) is 31.7 Å². The molecule has 8 nitrogen and oxygen atoms in total. The third kappa shape index (κ3) is 7.04. The summed E-state index contributed by atoms with van der Waals surface area (Å²) in [7, 11) is -7.78. The van der Waals surface area contributed by atoms with Gasteiger partial charge in [-0.2, -0.15) is 4.72 Å². The number of hydrogen-bond donors (Lipinski definition) is 2. The van der Waals surface area contributed by atoms with Crippen LogP contribution in [-0.4, -0.2) is 42.0 Å². The first kappa shape index (κ1) is 28.1. The second-order valence-corrected chi connectivity index (χ2v) is 12.1. The van der Waals surface area contributed by atoms with Crippen molar-refractivity contribution in [1.29, 1.82) is 0 Å². The van der Waals surface area contributed by atoms with Crippen LogP contribution in [-0.2, 0) is 29.6 Å². The highest BCUT2D eigenvalue weighted by Crippen LogP contribution is 2.30. The Balaban J connectivity index is 1.67. The Labute approximate surface area is 217 Å². The predicted octanol–water partition coefficient (Wildman–Crippen LogP) is 4.16. The largest absolute Gasteiger partial charge is 0.465 e. The quantitative estimate of drug-likeness (QED) is 0.257. The number of esters is 1. The molecule has 0 bridgehead atoms. The molecule has 2 N–H and O–H groups in total. The number of fused-ring (bicyclic) bond motifs is 1. The number of hydrogen-bond acceptors (Lipinski definition) is 6. The number of carbonyl (C=O) groups is 1. The smallest absolute Gasteiger partial charge is 0.324 e. The molecule has 0 heterocycles. The molecule has 1 atom stereocenters. The van der Waals surface area contributed by atoms with Crippen LogP contribution in [0.4, 0.5) is 0 Å². The Morgan fingerprint density at radius 1 is 0.944 bits per heavy atom. The van der Waals surface area contributed by atoms with E-state index < -0.39 is 32.1 Å². The molecular formula is C25H29ClN2O6S2. The van der Waals surface area contributed by atoms with Gasteiger partial charge in [-0.05, 0) is 62.8 Å². The van der Waals surface area contributed by atoms with Crippen molar-refractivity contribution in [2.24, 2.45) is 0 Å². The zero-order valence-electron chi connectivity index (χ0n) is 20.0. The maximum absolute atomic E-state index is 13.2. The molecule has 194 valence electrons. The highest BCUT2D eigenvalue weighted by molar-refractivity contribution is 7.90. The minimum atomic E-state index is -4.12. The van der Waals surface area contributed by atoms with Gasteiger partial charge in [-0.3, -0.25) is 4.79 Å². The Bertz CT molecular complexity index is 1420. The monoisotopic (exact) mass is 552 g/mol. The van der Waals surface area contributed by atoms with Crippen molar-refractivity contribution in [2.75, 3.05) is 13.2 Å². The maximum atomic E-state index is 13.2. The van der Waals surface area contributed by atoms with E-state index in [1.165, 1.54) is 18.2 Å². The Morgan fingerprint density at radius 2 is 1.61 bits per heavy atom. The van der Waals surface area contributed by atoms with Crippen LogP contribution in [0.25, 0.3) is 10.8 Å². The average molecular weight is 553 g/mol. The zero-order chi connectivity index (χ0) is 26.3. The van der Waals surface area contributed by atoms with Crippen molar-refractivity contribution in [1.82, 2.24) is 9.44 Å². The van der Waals surface area contributed by atoms with Crippen LogP contribution in [0.3, 0.4) is 0 Å². The lowest BCUT2D eigenvalue weighted by molar-refractivity contribution is -0.145. The lowest BCUT2D eigenvalue weighted by atomic mass is 10.1. The molecule has 0 saturated carbocycles. The lowest BCUT2D eigenvalue weighted by Crippen LogP contribution is -2.42. The number of benzene rings is 3. The highest BCUT2D eigenvalue weighted by atomic mass is 35.5. The fourth-order valence-corrected chi connectivity index (χ4v) is 6.57. The second kappa shape index (κ2) is 12.2. The average Bonchev–Trinajstić information content (AvgIpc) is 2.83. The number of ether oxygens (including phenoxy) is 1. The molecule has 0 aliphatic rings. The minimum Gasteiger partial charge on any atom is -0.465 e. The Kier molecular flexibility index (Phi) is 9.48. The van der Waals surface area contributed by atoms with Gasteiger partial charge in [0, 0.05) is 17.0 Å². The summed E-state index contributed by atoms with van der Waals surface area (Å²) in [5, 5.41) is 1.29. The Hall–Kier alpha value is -2.50. The van der Waals surface area contributed by atoms with E-state index in [4.69, 9.17) is 16.3 Å². The van der Waals surface area contributed by atoms with Gasteiger partial charge in [-0.15, -0.1) is 0 Å². The lowest BCUT2D eigenvalue weighted by Gasteiger charge is -2.18. The first-order valence-electron chi connectivity index (χ1n) is 11.5. The summed E-state index contributed by atoms with van der Waals surface area (Å²) >= 11 is 6.28. The van der Waals surface area contributed by atoms with Crippen LogP contribution in [0.15, 0.2) is 70.5 Å². The van der Waals surface area contributed by atoms with Gasteiger partial charge in [0.2, 0.25) is 20.0 Å². The SMILES string of the molecule is CCOC(=O)[C@H](CCCCNS(=O)(=O)c1ccc(C)cc1)NS(=O)(=O)c1cccc2cccc(Cl)c12. The molecule has 0 fully saturated rings. The molecule has 3 aromatic rings. The predicted molar refractivity (Wildman–Crippen MR) is 140 cm³/mol. The van der Waals surface area contributed by atoms with Crippen molar-refractivity contribution in [2.45, 2.75) is 48.9 Å². The molecule has 0 saturated heterocycles. The molecule has 0 aliphatic carbocycles. The number of halogens is 1. The van der Waals surface area contributed by atoms with Crippen molar-refractivity contribution in [3.8, 4) is 0 Å². The molecule has 36 heavy (non-hydrogen) atoms. The molecule has 0 unspecified atom stereocenters. The van der Waals surface area contributed by atoms with Crippen molar-refractivity contribution in [3.63, 3.8) is 0 Å². The molecule has 0 spiro atoms. The van der Waals surface area contributed by atoms with E-state index >= 15 is 0 Å². The molecule has 11 heteroatoms. The number of carbonyl (C=O) groups excluding carboxylic acids is 1. The van der Waals surface area contributed by atoms with Gasteiger partial charge >= 0.3 is 5.97 Å². The number of nitrogens with one attached hydrogen (secondary N) is 2.